The van der Waals surface area contributed by atoms with Crippen LogP contribution in [0.25, 0.3) is 0 Å². The first-order valence-corrected chi connectivity index (χ1v) is 10.3. The standard InChI is InChI=1S/C18H36N6O8/c25-7-1-19-15(29)11-23(12-16(30)20-2-8-26)5-6-24(13-17(31)21-3-9-27)14-18(32)22-4-10-28/h25-28H,1-14H2,(H,19,29)(H,20,30)(H,21,31)(H,22,32). The van der Waals surface area contributed by atoms with E-state index in [4.69, 9.17) is 20.4 Å². The van der Waals surface area contributed by atoms with E-state index in [1.54, 1.807) is 0 Å². The molecule has 0 aliphatic carbocycles. The molecule has 0 aromatic heterocycles. The van der Waals surface area contributed by atoms with Gasteiger partial charge in [-0.1, -0.05) is 0 Å². The van der Waals surface area contributed by atoms with Gasteiger partial charge in [-0.3, -0.25) is 29.0 Å². The number of rotatable bonds is 19. The van der Waals surface area contributed by atoms with Gasteiger partial charge in [0.1, 0.15) is 0 Å². The molecular formula is C18H36N6O8. The van der Waals surface area contributed by atoms with Gasteiger partial charge in [-0.15, -0.1) is 0 Å². The SMILES string of the molecule is O=C(CN(CCN(CC(=O)NCCO)CC(=O)NCCO)CC(=O)NCCO)NCCO. The molecule has 0 aromatic carbocycles. The third kappa shape index (κ3) is 16.3. The van der Waals surface area contributed by atoms with E-state index in [9.17, 15) is 19.2 Å². The summed E-state index contributed by atoms with van der Waals surface area (Å²) < 4.78 is 0. The minimum absolute atomic E-state index is 0.0611. The summed E-state index contributed by atoms with van der Waals surface area (Å²) in [6, 6.07) is 0. The number of nitrogens with one attached hydrogen (secondary N) is 4. The van der Waals surface area contributed by atoms with Crippen molar-refractivity contribution in [1.82, 2.24) is 31.1 Å². The highest BCUT2D eigenvalue weighted by atomic mass is 16.3. The third-order valence-electron chi connectivity index (χ3n) is 3.94. The van der Waals surface area contributed by atoms with Gasteiger partial charge in [-0.25, -0.2) is 0 Å². The first-order chi connectivity index (χ1) is 15.4. The van der Waals surface area contributed by atoms with Gasteiger partial charge in [0.05, 0.1) is 52.6 Å². The monoisotopic (exact) mass is 464 g/mol. The molecule has 0 aliphatic rings. The van der Waals surface area contributed by atoms with Crippen LogP contribution in [0.4, 0.5) is 0 Å². The van der Waals surface area contributed by atoms with Crippen LogP contribution in [0.3, 0.4) is 0 Å². The topological polar surface area (TPSA) is 204 Å². The molecular weight excluding hydrogens is 428 g/mol. The second-order valence-corrected chi connectivity index (χ2v) is 6.72. The molecule has 0 aromatic rings. The number of aliphatic hydroxyl groups is 4. The minimum atomic E-state index is -0.415. The molecule has 186 valence electrons. The summed E-state index contributed by atoms with van der Waals surface area (Å²) in [7, 11) is 0. The van der Waals surface area contributed by atoms with Crippen molar-refractivity contribution in [3.8, 4) is 0 Å². The summed E-state index contributed by atoms with van der Waals surface area (Å²) in [5.41, 5.74) is 0. The van der Waals surface area contributed by atoms with Gasteiger partial charge >= 0.3 is 0 Å². The van der Waals surface area contributed by atoms with Crippen LogP contribution in [0.5, 0.6) is 0 Å². The molecule has 0 rings (SSSR count). The molecule has 0 saturated heterocycles. The Morgan fingerprint density at radius 2 is 0.688 bits per heavy atom. The van der Waals surface area contributed by atoms with Gasteiger partial charge in [0.2, 0.25) is 23.6 Å². The van der Waals surface area contributed by atoms with Crippen molar-refractivity contribution in [3.63, 3.8) is 0 Å². The fourth-order valence-corrected chi connectivity index (χ4v) is 2.53. The Morgan fingerprint density at radius 1 is 0.469 bits per heavy atom. The number of aliphatic hydroxyl groups excluding tert-OH is 4. The molecule has 14 nitrogen and oxygen atoms in total. The Morgan fingerprint density at radius 3 is 0.875 bits per heavy atom. The highest BCUT2D eigenvalue weighted by molar-refractivity contribution is 5.82. The van der Waals surface area contributed by atoms with Crippen molar-refractivity contribution in [1.29, 1.82) is 0 Å². The number of hydrogen-bond acceptors (Lipinski definition) is 10. The zero-order chi connectivity index (χ0) is 24.2. The van der Waals surface area contributed by atoms with E-state index in [2.05, 4.69) is 21.3 Å². The zero-order valence-corrected chi connectivity index (χ0v) is 18.2. The minimum Gasteiger partial charge on any atom is -0.395 e. The molecule has 0 bridgehead atoms. The van der Waals surface area contributed by atoms with Crippen molar-refractivity contribution >= 4 is 23.6 Å². The average molecular weight is 465 g/mol. The number of carbonyl (C=O) groups excluding carboxylic acids is 4. The lowest BCUT2D eigenvalue weighted by Crippen LogP contribution is -2.49. The predicted molar refractivity (Wildman–Crippen MR) is 113 cm³/mol. The van der Waals surface area contributed by atoms with E-state index < -0.39 is 23.6 Å². The lowest BCUT2D eigenvalue weighted by Gasteiger charge is -2.26. The Balaban J connectivity index is 5.06. The molecule has 32 heavy (non-hydrogen) atoms. The van der Waals surface area contributed by atoms with Crippen LogP contribution in [0, 0.1) is 0 Å². The fraction of sp³-hybridized carbons (Fsp3) is 0.778. The predicted octanol–water partition coefficient (Wildman–Crippen LogP) is -5.98. The molecule has 4 amide bonds. The van der Waals surface area contributed by atoms with E-state index in [0.29, 0.717) is 0 Å². The number of carbonyl (C=O) groups is 4. The Hall–Kier alpha value is -2.36. The van der Waals surface area contributed by atoms with Crippen LogP contribution in [-0.4, -0.2) is 146 Å². The summed E-state index contributed by atoms with van der Waals surface area (Å²) in [5, 5.41) is 45.3. The Kier molecular flexibility index (Phi) is 17.9. The molecule has 0 saturated carbocycles. The van der Waals surface area contributed by atoms with Crippen molar-refractivity contribution in [2.75, 3.05) is 91.9 Å². The van der Waals surface area contributed by atoms with Crippen molar-refractivity contribution in [2.24, 2.45) is 0 Å². The fourth-order valence-electron chi connectivity index (χ4n) is 2.53. The van der Waals surface area contributed by atoms with Gasteiger partial charge in [0.25, 0.3) is 0 Å². The maximum absolute atomic E-state index is 12.0. The second-order valence-electron chi connectivity index (χ2n) is 6.72. The van der Waals surface area contributed by atoms with Crippen molar-refractivity contribution < 1.29 is 39.6 Å². The maximum atomic E-state index is 12.0. The molecule has 0 aliphatic heterocycles. The molecule has 0 unspecified atom stereocenters. The van der Waals surface area contributed by atoms with E-state index >= 15 is 0 Å². The van der Waals surface area contributed by atoms with Gasteiger partial charge in [0, 0.05) is 39.3 Å². The first-order valence-electron chi connectivity index (χ1n) is 10.3. The maximum Gasteiger partial charge on any atom is 0.234 e. The van der Waals surface area contributed by atoms with Crippen molar-refractivity contribution in [3.05, 3.63) is 0 Å². The summed E-state index contributed by atoms with van der Waals surface area (Å²) in [6.07, 6.45) is 0. The largest absolute Gasteiger partial charge is 0.395 e. The molecule has 0 spiro atoms. The Labute approximate surface area is 186 Å². The molecule has 0 heterocycles. The van der Waals surface area contributed by atoms with Crippen LogP contribution in [0.15, 0.2) is 0 Å². The van der Waals surface area contributed by atoms with Crippen LogP contribution < -0.4 is 21.3 Å². The lowest BCUT2D eigenvalue weighted by atomic mass is 10.3. The molecule has 0 atom stereocenters. The zero-order valence-electron chi connectivity index (χ0n) is 18.2. The van der Waals surface area contributed by atoms with Gasteiger partial charge in [-0.05, 0) is 0 Å². The van der Waals surface area contributed by atoms with Crippen LogP contribution in [-0.2, 0) is 19.2 Å². The highest BCUT2D eigenvalue weighted by Gasteiger charge is 2.19. The lowest BCUT2D eigenvalue weighted by molar-refractivity contribution is -0.128. The first kappa shape index (κ1) is 29.6. The summed E-state index contributed by atoms with van der Waals surface area (Å²) >= 11 is 0. The Bertz CT molecular complexity index is 474. The number of hydrogen-bond donors (Lipinski definition) is 8. The van der Waals surface area contributed by atoms with Crippen LogP contribution >= 0.6 is 0 Å². The van der Waals surface area contributed by atoms with Crippen molar-refractivity contribution in [2.45, 2.75) is 0 Å². The van der Waals surface area contributed by atoms with E-state index in [-0.39, 0.29) is 91.9 Å². The molecule has 0 fully saturated rings. The quantitative estimate of drug-likeness (QED) is 0.0908. The second kappa shape index (κ2) is 19.3. The summed E-state index contributed by atoms with van der Waals surface area (Å²) in [4.78, 5) is 51.1. The van der Waals surface area contributed by atoms with E-state index in [0.717, 1.165) is 0 Å². The molecule has 14 heteroatoms. The van der Waals surface area contributed by atoms with Crippen LogP contribution in [0.2, 0.25) is 0 Å². The molecule has 0 radical (unpaired) electrons. The normalized spacial score (nSPS) is 10.8. The number of nitrogens with zero attached hydrogens (tertiary/aromatic N) is 2. The number of amides is 4. The van der Waals surface area contributed by atoms with E-state index in [1.165, 1.54) is 9.80 Å². The smallest absolute Gasteiger partial charge is 0.234 e. The van der Waals surface area contributed by atoms with Crippen LogP contribution in [0.1, 0.15) is 0 Å². The third-order valence-corrected chi connectivity index (χ3v) is 3.94. The highest BCUT2D eigenvalue weighted by Crippen LogP contribution is 1.95. The van der Waals surface area contributed by atoms with Gasteiger partial charge < -0.3 is 41.7 Å². The summed E-state index contributed by atoms with van der Waals surface area (Å²) in [6.45, 7) is -1.02. The summed E-state index contributed by atoms with van der Waals surface area (Å²) in [5.74, 6) is -1.66. The average Bonchev–Trinajstić information content (AvgIpc) is 2.76. The van der Waals surface area contributed by atoms with Gasteiger partial charge in [0.15, 0.2) is 0 Å². The molecule has 8 N–H and O–H groups in total. The van der Waals surface area contributed by atoms with E-state index in [1.807, 2.05) is 0 Å². The van der Waals surface area contributed by atoms with Gasteiger partial charge in [-0.2, -0.15) is 0 Å².